The molecule has 0 rings (SSSR count). The minimum Gasteiger partial charge on any atom is -0.323 e. The van der Waals surface area contributed by atoms with Crippen LogP contribution in [0.3, 0.4) is 0 Å². The van der Waals surface area contributed by atoms with Crippen LogP contribution in [0.4, 0.5) is 0 Å². The smallest absolute Gasteiger partial charge is 0.164 e. The maximum absolute atomic E-state index is 11.3. The lowest BCUT2D eigenvalue weighted by Gasteiger charge is -2.10. The average molecular weight is 246 g/mol. The first-order valence-corrected chi connectivity index (χ1v) is 11.1. The van der Waals surface area contributed by atoms with E-state index >= 15 is 0 Å². The van der Waals surface area contributed by atoms with Gasteiger partial charge in [-0.05, 0) is 26.7 Å². The molecule has 0 heterocycles. The Morgan fingerprint density at radius 1 is 0.846 bits per heavy atom. The Morgan fingerprint density at radius 2 is 1.08 bits per heavy atom. The first-order chi connectivity index (χ1) is 5.41. The molecule has 0 saturated carbocycles. The van der Waals surface area contributed by atoms with Crippen molar-refractivity contribution >= 4 is 24.1 Å². The lowest BCUT2D eigenvalue weighted by Crippen LogP contribution is -2.10. The molecule has 0 aromatic carbocycles. The second-order valence-corrected chi connectivity index (χ2v) is 14.0. The van der Waals surface area contributed by atoms with Crippen molar-refractivity contribution in [3.05, 3.63) is 0 Å². The van der Waals surface area contributed by atoms with Crippen LogP contribution in [-0.2, 0) is 19.0 Å². The van der Waals surface area contributed by atoms with Crippen LogP contribution in [-0.4, -0.2) is 46.1 Å². The van der Waals surface area contributed by atoms with Crippen LogP contribution in [0.2, 0.25) is 0 Å². The highest BCUT2D eigenvalue weighted by molar-refractivity contribution is 8.04. The number of hydrogen-bond donors (Lipinski definition) is 0. The summed E-state index contributed by atoms with van der Waals surface area (Å²) in [6.07, 6.45) is 0. The highest BCUT2D eigenvalue weighted by Crippen LogP contribution is 2.43. The van der Waals surface area contributed by atoms with Crippen molar-refractivity contribution < 1.29 is 17.5 Å². The topological polar surface area (TPSA) is 68.3 Å². The summed E-state index contributed by atoms with van der Waals surface area (Å²) in [6, 6.07) is 0. The summed E-state index contributed by atoms with van der Waals surface area (Å²) >= 11 is 0. The van der Waals surface area contributed by atoms with E-state index in [9.17, 15) is 17.5 Å². The molecule has 0 bridgehead atoms. The van der Waals surface area contributed by atoms with Gasteiger partial charge < -0.3 is 9.13 Å². The van der Waals surface area contributed by atoms with Gasteiger partial charge in [-0.1, -0.05) is 0 Å². The number of hydrogen-bond acceptors (Lipinski definition) is 4. The molecule has 0 saturated heterocycles. The lowest BCUT2D eigenvalue weighted by atomic mass is 11.8. The molecule has 7 heteroatoms. The fourth-order valence-electron chi connectivity index (χ4n) is 0.988. The van der Waals surface area contributed by atoms with Crippen LogP contribution in [0.1, 0.15) is 0 Å². The zero-order valence-corrected chi connectivity index (χ0v) is 11.0. The quantitative estimate of drug-likeness (QED) is 0.706. The Balaban J connectivity index is 4.65. The molecule has 0 spiro atoms. The van der Waals surface area contributed by atoms with E-state index in [1.54, 1.807) is 0 Å². The van der Waals surface area contributed by atoms with Crippen molar-refractivity contribution in [1.82, 2.24) is 0 Å². The fourth-order valence-corrected chi connectivity index (χ4v) is 9.63. The maximum Gasteiger partial charge on any atom is 0.164 e. The summed E-state index contributed by atoms with van der Waals surface area (Å²) in [7, 11) is -8.59. The molecule has 0 atom stereocenters. The van der Waals surface area contributed by atoms with Gasteiger partial charge in [0.25, 0.3) is 0 Å². The molecule has 0 fully saturated rings. The monoisotopic (exact) mass is 246 g/mol. The molecule has 4 nitrogen and oxygen atoms in total. The second kappa shape index (κ2) is 3.88. The van der Waals surface area contributed by atoms with E-state index in [1.165, 1.54) is 26.7 Å². The SMILES string of the molecule is CP(C)(=O)CS(=O)(=O)CP(C)(C)=O. The van der Waals surface area contributed by atoms with E-state index in [2.05, 4.69) is 0 Å². The van der Waals surface area contributed by atoms with Gasteiger partial charge in [0.05, 0.1) is 14.3 Å². The van der Waals surface area contributed by atoms with Gasteiger partial charge in [0.2, 0.25) is 0 Å². The summed E-state index contributed by atoms with van der Waals surface area (Å²) in [6.45, 7) is 5.67. The van der Waals surface area contributed by atoms with Crippen LogP contribution < -0.4 is 0 Å². The van der Waals surface area contributed by atoms with E-state index in [4.69, 9.17) is 0 Å². The third-order valence-electron chi connectivity index (χ3n) is 1.02. The van der Waals surface area contributed by atoms with E-state index in [0.717, 1.165) is 0 Å². The molecule has 13 heavy (non-hydrogen) atoms. The summed E-state index contributed by atoms with van der Waals surface area (Å²) in [5, 5.41) is 0. The van der Waals surface area contributed by atoms with Gasteiger partial charge in [0.1, 0.15) is 11.0 Å². The van der Waals surface area contributed by atoms with Crippen LogP contribution >= 0.6 is 14.3 Å². The van der Waals surface area contributed by atoms with Crippen molar-refractivity contribution in [2.24, 2.45) is 0 Å². The number of rotatable bonds is 4. The third-order valence-corrected chi connectivity index (χ3v) is 9.14. The van der Waals surface area contributed by atoms with Crippen molar-refractivity contribution in [3.63, 3.8) is 0 Å². The first-order valence-electron chi connectivity index (χ1n) is 3.70. The van der Waals surface area contributed by atoms with Crippen molar-refractivity contribution in [3.8, 4) is 0 Å². The Hall–Kier alpha value is 0.410. The van der Waals surface area contributed by atoms with Gasteiger partial charge >= 0.3 is 0 Å². The van der Waals surface area contributed by atoms with Crippen molar-refractivity contribution in [2.75, 3.05) is 37.6 Å². The Morgan fingerprint density at radius 3 is 1.23 bits per heavy atom. The molecule has 80 valence electrons. The molecule has 0 aliphatic carbocycles. The van der Waals surface area contributed by atoms with E-state index < -0.39 is 24.1 Å². The molecule has 0 aromatic heterocycles. The standard InChI is InChI=1S/C6H16O4P2S/c1-11(2,7)5-13(9,10)6-12(3,4)8/h5-6H2,1-4H3. The first kappa shape index (κ1) is 13.4. The van der Waals surface area contributed by atoms with E-state index in [-0.39, 0.29) is 11.0 Å². The van der Waals surface area contributed by atoms with Crippen molar-refractivity contribution in [1.29, 1.82) is 0 Å². The lowest BCUT2D eigenvalue weighted by molar-refractivity contribution is 0.579. The largest absolute Gasteiger partial charge is 0.323 e. The van der Waals surface area contributed by atoms with Crippen LogP contribution in [0.15, 0.2) is 0 Å². The molecule has 0 unspecified atom stereocenters. The van der Waals surface area contributed by atoms with Gasteiger partial charge in [-0.15, -0.1) is 0 Å². The van der Waals surface area contributed by atoms with Crippen LogP contribution in [0.25, 0.3) is 0 Å². The zero-order chi connectivity index (χ0) is 10.9. The molecule has 0 radical (unpaired) electrons. The van der Waals surface area contributed by atoms with Crippen molar-refractivity contribution in [2.45, 2.75) is 0 Å². The Bertz CT molecular complexity index is 328. The molecule has 0 amide bonds. The molecule has 0 N–H and O–H groups in total. The second-order valence-electron chi connectivity index (χ2n) is 4.15. The van der Waals surface area contributed by atoms with Gasteiger partial charge in [0, 0.05) is 0 Å². The predicted octanol–water partition coefficient (Wildman–Crippen LogP) is 1.56. The molecule has 0 aromatic rings. The maximum atomic E-state index is 11.3. The molecular weight excluding hydrogens is 230 g/mol. The van der Waals surface area contributed by atoms with E-state index in [0.29, 0.717) is 0 Å². The van der Waals surface area contributed by atoms with E-state index in [1.807, 2.05) is 0 Å². The summed E-state index contributed by atoms with van der Waals surface area (Å²) < 4.78 is 45.1. The summed E-state index contributed by atoms with van der Waals surface area (Å²) in [4.78, 5) is 0. The normalized spacial score (nSPS) is 14.5. The fraction of sp³-hybridized carbons (Fsp3) is 1.00. The third kappa shape index (κ3) is 8.73. The minimum absolute atomic E-state index is 0.342. The predicted molar refractivity (Wildman–Crippen MR) is 57.6 cm³/mol. The molecule has 0 aliphatic heterocycles. The summed E-state index contributed by atoms with van der Waals surface area (Å²) in [5.74, 6) is 0. The Labute approximate surface area is 79.8 Å². The van der Waals surface area contributed by atoms with Gasteiger partial charge in [-0.25, -0.2) is 8.42 Å². The highest BCUT2D eigenvalue weighted by Gasteiger charge is 2.25. The average Bonchev–Trinajstić information content (AvgIpc) is 1.43. The summed E-state index contributed by atoms with van der Waals surface area (Å²) in [5.41, 5.74) is -0.683. The van der Waals surface area contributed by atoms with Crippen LogP contribution in [0.5, 0.6) is 0 Å². The Kier molecular flexibility index (Phi) is 4.00. The minimum atomic E-state index is -3.42. The molecular formula is C6H16O4P2S. The van der Waals surface area contributed by atoms with Gasteiger partial charge in [-0.3, -0.25) is 0 Å². The van der Waals surface area contributed by atoms with Gasteiger partial charge in [-0.2, -0.15) is 0 Å². The zero-order valence-electron chi connectivity index (χ0n) is 8.35. The molecule has 0 aliphatic rings. The van der Waals surface area contributed by atoms with Gasteiger partial charge in [0.15, 0.2) is 9.84 Å². The number of sulfone groups is 1. The van der Waals surface area contributed by atoms with Crippen LogP contribution in [0, 0.1) is 0 Å². The highest BCUT2D eigenvalue weighted by atomic mass is 32.2.